The van der Waals surface area contributed by atoms with Crippen molar-refractivity contribution in [3.8, 4) is 5.75 Å². The molecule has 1 aromatic rings. The van der Waals surface area contributed by atoms with Crippen LogP contribution in [0.25, 0.3) is 0 Å². The van der Waals surface area contributed by atoms with E-state index in [1.807, 2.05) is 18.2 Å². The van der Waals surface area contributed by atoms with E-state index in [0.717, 1.165) is 22.4 Å². The summed E-state index contributed by atoms with van der Waals surface area (Å²) in [6, 6.07) is 5.81. The number of hydrogen-bond acceptors (Lipinski definition) is 2. The van der Waals surface area contributed by atoms with Crippen LogP contribution in [-0.4, -0.2) is 11.7 Å². The van der Waals surface area contributed by atoms with Gasteiger partial charge in [-0.05, 0) is 43.9 Å². The Morgan fingerprint density at radius 1 is 1.41 bits per heavy atom. The molecule has 0 aliphatic heterocycles. The molecule has 0 amide bonds. The number of rotatable bonds is 4. The molecule has 1 aliphatic carbocycles. The Kier molecular flexibility index (Phi) is 4.46. The summed E-state index contributed by atoms with van der Waals surface area (Å²) >= 11 is 3.42. The van der Waals surface area contributed by atoms with E-state index in [9.17, 15) is 5.11 Å². The molecule has 0 aromatic heterocycles. The van der Waals surface area contributed by atoms with Gasteiger partial charge in [0.25, 0.3) is 0 Å². The first kappa shape index (κ1) is 12.9. The highest BCUT2D eigenvalue weighted by Crippen LogP contribution is 2.30. The minimum atomic E-state index is -0.494. The van der Waals surface area contributed by atoms with E-state index in [-0.39, 0.29) is 0 Å². The minimum absolute atomic E-state index is 0.494. The third-order valence-corrected chi connectivity index (χ3v) is 3.86. The van der Waals surface area contributed by atoms with Crippen LogP contribution in [0.1, 0.15) is 44.3 Å². The summed E-state index contributed by atoms with van der Waals surface area (Å²) in [7, 11) is 0. The van der Waals surface area contributed by atoms with Crippen LogP contribution in [0.2, 0.25) is 0 Å². The van der Waals surface area contributed by atoms with E-state index in [0.29, 0.717) is 5.92 Å². The van der Waals surface area contributed by atoms with E-state index in [1.54, 1.807) is 6.92 Å². The van der Waals surface area contributed by atoms with Gasteiger partial charge in [-0.25, -0.2) is 0 Å². The predicted octanol–water partition coefficient (Wildman–Crippen LogP) is 4.07. The molecule has 1 aliphatic rings. The van der Waals surface area contributed by atoms with Crippen LogP contribution in [0.3, 0.4) is 0 Å². The van der Waals surface area contributed by atoms with Crippen LogP contribution in [0.15, 0.2) is 22.7 Å². The maximum Gasteiger partial charge on any atom is 0.125 e. The lowest BCUT2D eigenvalue weighted by Gasteiger charge is -2.16. The minimum Gasteiger partial charge on any atom is -0.493 e. The molecule has 1 aromatic carbocycles. The smallest absolute Gasteiger partial charge is 0.125 e. The van der Waals surface area contributed by atoms with Gasteiger partial charge in [-0.15, -0.1) is 0 Å². The van der Waals surface area contributed by atoms with E-state index >= 15 is 0 Å². The Hall–Kier alpha value is -0.540. The van der Waals surface area contributed by atoms with Crippen molar-refractivity contribution in [1.29, 1.82) is 0 Å². The SMILES string of the molecule is C[C@@H](O)c1cc(Br)ccc1OCC1CCCC1. The fraction of sp³-hybridized carbons (Fsp3) is 0.571. The maximum absolute atomic E-state index is 9.72. The first-order valence-electron chi connectivity index (χ1n) is 6.27. The van der Waals surface area contributed by atoms with E-state index in [2.05, 4.69) is 15.9 Å². The van der Waals surface area contributed by atoms with Crippen molar-refractivity contribution in [3.05, 3.63) is 28.2 Å². The third kappa shape index (κ3) is 3.46. The summed E-state index contributed by atoms with van der Waals surface area (Å²) in [6.07, 6.45) is 4.72. The van der Waals surface area contributed by atoms with Crippen molar-refractivity contribution in [2.75, 3.05) is 6.61 Å². The molecule has 1 atom stereocenters. The lowest BCUT2D eigenvalue weighted by atomic mass is 10.1. The molecule has 2 rings (SSSR count). The van der Waals surface area contributed by atoms with Gasteiger partial charge in [0.1, 0.15) is 5.75 Å². The fourth-order valence-electron chi connectivity index (χ4n) is 2.36. The lowest BCUT2D eigenvalue weighted by Crippen LogP contribution is -2.09. The molecule has 0 spiro atoms. The summed E-state index contributed by atoms with van der Waals surface area (Å²) in [5.74, 6) is 1.51. The molecule has 0 saturated heterocycles. The van der Waals surface area contributed by atoms with Gasteiger partial charge in [0, 0.05) is 10.0 Å². The Morgan fingerprint density at radius 3 is 2.76 bits per heavy atom. The summed E-state index contributed by atoms with van der Waals surface area (Å²) in [5, 5.41) is 9.72. The normalized spacial score (nSPS) is 18.3. The van der Waals surface area contributed by atoms with Gasteiger partial charge in [0.05, 0.1) is 12.7 Å². The Balaban J connectivity index is 2.03. The highest BCUT2D eigenvalue weighted by Gasteiger charge is 2.17. The molecule has 3 heteroatoms. The quantitative estimate of drug-likeness (QED) is 0.908. The van der Waals surface area contributed by atoms with Crippen molar-refractivity contribution in [3.63, 3.8) is 0 Å². The highest BCUT2D eigenvalue weighted by molar-refractivity contribution is 9.10. The van der Waals surface area contributed by atoms with Crippen molar-refractivity contribution in [2.45, 2.75) is 38.7 Å². The van der Waals surface area contributed by atoms with Crippen molar-refractivity contribution in [1.82, 2.24) is 0 Å². The number of aliphatic hydroxyl groups is 1. The molecule has 0 unspecified atom stereocenters. The van der Waals surface area contributed by atoms with Gasteiger partial charge in [-0.2, -0.15) is 0 Å². The molecule has 2 nitrogen and oxygen atoms in total. The van der Waals surface area contributed by atoms with Gasteiger partial charge in [-0.3, -0.25) is 0 Å². The topological polar surface area (TPSA) is 29.5 Å². The summed E-state index contributed by atoms with van der Waals surface area (Å²) < 4.78 is 6.83. The van der Waals surface area contributed by atoms with Crippen LogP contribution in [0.5, 0.6) is 5.75 Å². The number of benzene rings is 1. The third-order valence-electron chi connectivity index (χ3n) is 3.37. The highest BCUT2D eigenvalue weighted by atomic mass is 79.9. The molecule has 0 heterocycles. The number of hydrogen-bond donors (Lipinski definition) is 1. The molecule has 17 heavy (non-hydrogen) atoms. The maximum atomic E-state index is 9.72. The van der Waals surface area contributed by atoms with Crippen LogP contribution in [0.4, 0.5) is 0 Å². The Morgan fingerprint density at radius 2 is 2.12 bits per heavy atom. The molecule has 94 valence electrons. The monoisotopic (exact) mass is 298 g/mol. The van der Waals surface area contributed by atoms with Crippen LogP contribution in [0, 0.1) is 5.92 Å². The average molecular weight is 299 g/mol. The fourth-order valence-corrected chi connectivity index (χ4v) is 2.74. The van der Waals surface area contributed by atoms with E-state index in [1.165, 1.54) is 25.7 Å². The zero-order chi connectivity index (χ0) is 12.3. The largest absolute Gasteiger partial charge is 0.493 e. The molecular weight excluding hydrogens is 280 g/mol. The first-order chi connectivity index (χ1) is 8.16. The second kappa shape index (κ2) is 5.87. The van der Waals surface area contributed by atoms with Gasteiger partial charge < -0.3 is 9.84 Å². The van der Waals surface area contributed by atoms with Crippen molar-refractivity contribution in [2.24, 2.45) is 5.92 Å². The number of halogens is 1. The van der Waals surface area contributed by atoms with Gasteiger partial charge in [-0.1, -0.05) is 28.8 Å². The molecule has 1 N–H and O–H groups in total. The Bertz CT molecular complexity index is 370. The zero-order valence-electron chi connectivity index (χ0n) is 10.2. The average Bonchev–Trinajstić information content (AvgIpc) is 2.80. The van der Waals surface area contributed by atoms with Crippen molar-refractivity contribution >= 4 is 15.9 Å². The lowest BCUT2D eigenvalue weighted by molar-refractivity contribution is 0.186. The van der Waals surface area contributed by atoms with E-state index in [4.69, 9.17) is 4.74 Å². The summed E-state index contributed by atoms with van der Waals surface area (Å²) in [5.41, 5.74) is 0.859. The van der Waals surface area contributed by atoms with Crippen LogP contribution < -0.4 is 4.74 Å². The molecule has 1 saturated carbocycles. The number of aliphatic hydroxyl groups excluding tert-OH is 1. The molecule has 0 radical (unpaired) electrons. The standard InChI is InChI=1S/C14H19BrO2/c1-10(16)13-8-12(15)6-7-14(13)17-9-11-4-2-3-5-11/h6-8,10-11,16H,2-5,9H2,1H3/t10-/m1/s1. The second-order valence-electron chi connectivity index (χ2n) is 4.82. The Labute approximate surface area is 111 Å². The zero-order valence-corrected chi connectivity index (χ0v) is 11.7. The molecular formula is C14H19BrO2. The summed E-state index contributed by atoms with van der Waals surface area (Å²) in [6.45, 7) is 2.55. The van der Waals surface area contributed by atoms with Crippen LogP contribution >= 0.6 is 15.9 Å². The molecule has 1 fully saturated rings. The van der Waals surface area contributed by atoms with Gasteiger partial charge in [0.15, 0.2) is 0 Å². The number of ether oxygens (including phenoxy) is 1. The predicted molar refractivity (Wildman–Crippen MR) is 72.2 cm³/mol. The van der Waals surface area contributed by atoms with Gasteiger partial charge >= 0.3 is 0 Å². The summed E-state index contributed by atoms with van der Waals surface area (Å²) in [4.78, 5) is 0. The first-order valence-corrected chi connectivity index (χ1v) is 7.06. The van der Waals surface area contributed by atoms with Crippen LogP contribution in [-0.2, 0) is 0 Å². The van der Waals surface area contributed by atoms with E-state index < -0.39 is 6.10 Å². The van der Waals surface area contributed by atoms with Crippen molar-refractivity contribution < 1.29 is 9.84 Å². The van der Waals surface area contributed by atoms with Gasteiger partial charge in [0.2, 0.25) is 0 Å². The second-order valence-corrected chi connectivity index (χ2v) is 5.74. The molecule has 0 bridgehead atoms.